The van der Waals surface area contributed by atoms with Crippen molar-refractivity contribution in [3.8, 4) is 0 Å². The minimum atomic E-state index is -0.502. The van der Waals surface area contributed by atoms with Crippen molar-refractivity contribution in [3.63, 3.8) is 0 Å². The second-order valence-electron chi connectivity index (χ2n) is 6.92. The van der Waals surface area contributed by atoms with E-state index in [1.54, 1.807) is 12.1 Å². The first kappa shape index (κ1) is 18.0. The Hall–Kier alpha value is -2.82. The summed E-state index contributed by atoms with van der Waals surface area (Å²) in [6.07, 6.45) is 3.48. The Bertz CT molecular complexity index is 839. The van der Waals surface area contributed by atoms with Crippen LogP contribution in [-0.4, -0.2) is 24.9 Å². The minimum Gasteiger partial charge on any atom is -0.370 e. The molecule has 0 spiro atoms. The molecule has 1 aliphatic heterocycles. The van der Waals surface area contributed by atoms with Gasteiger partial charge in [0.15, 0.2) is 0 Å². The van der Waals surface area contributed by atoms with Gasteiger partial charge in [0.05, 0.1) is 11.4 Å². The first-order valence-electron chi connectivity index (χ1n) is 9.03. The molecule has 136 valence electrons. The highest BCUT2D eigenvalue weighted by molar-refractivity contribution is 6.08. The van der Waals surface area contributed by atoms with E-state index in [0.717, 1.165) is 42.7 Å². The van der Waals surface area contributed by atoms with Gasteiger partial charge in [0, 0.05) is 24.2 Å². The second-order valence-corrected chi connectivity index (χ2v) is 6.92. The Kier molecular flexibility index (Phi) is 5.26. The van der Waals surface area contributed by atoms with E-state index in [-0.39, 0.29) is 5.91 Å². The van der Waals surface area contributed by atoms with Crippen LogP contribution in [-0.2, 0) is 0 Å². The fraction of sp³-hybridized carbons (Fsp3) is 0.333. The summed E-state index contributed by atoms with van der Waals surface area (Å²) >= 11 is 0. The average Bonchev–Trinajstić information content (AvgIpc) is 2.64. The topological polar surface area (TPSA) is 75.4 Å². The molecule has 5 heteroatoms. The summed E-state index contributed by atoms with van der Waals surface area (Å²) in [6.45, 7) is 5.77. The van der Waals surface area contributed by atoms with Crippen LogP contribution in [0.2, 0.25) is 0 Å². The summed E-state index contributed by atoms with van der Waals surface area (Å²) < 4.78 is 0. The van der Waals surface area contributed by atoms with Crippen molar-refractivity contribution in [2.24, 2.45) is 5.73 Å². The molecule has 2 aromatic carbocycles. The molecule has 0 bridgehead atoms. The smallest absolute Gasteiger partial charge is 0.255 e. The Morgan fingerprint density at radius 1 is 1.00 bits per heavy atom. The number of aryl methyl sites for hydroxylation is 2. The summed E-state index contributed by atoms with van der Waals surface area (Å²) in [6, 6.07) is 11.1. The van der Waals surface area contributed by atoms with Crippen molar-refractivity contribution in [2.75, 3.05) is 23.3 Å². The van der Waals surface area contributed by atoms with Crippen LogP contribution < -0.4 is 16.0 Å². The molecule has 2 amide bonds. The van der Waals surface area contributed by atoms with E-state index in [4.69, 9.17) is 5.73 Å². The monoisotopic (exact) mass is 351 g/mol. The third-order valence-corrected chi connectivity index (χ3v) is 4.86. The number of benzene rings is 2. The van der Waals surface area contributed by atoms with Crippen molar-refractivity contribution in [3.05, 3.63) is 58.7 Å². The molecule has 1 saturated heterocycles. The molecule has 0 aliphatic carbocycles. The van der Waals surface area contributed by atoms with Crippen LogP contribution >= 0.6 is 0 Å². The number of carbonyl (C=O) groups is 2. The lowest BCUT2D eigenvalue weighted by molar-refractivity contribution is 0.0996. The van der Waals surface area contributed by atoms with Crippen molar-refractivity contribution in [1.82, 2.24) is 0 Å². The van der Waals surface area contributed by atoms with E-state index < -0.39 is 5.91 Å². The number of nitrogens with one attached hydrogen (secondary N) is 1. The van der Waals surface area contributed by atoms with Gasteiger partial charge in [-0.15, -0.1) is 0 Å². The quantitative estimate of drug-likeness (QED) is 0.883. The van der Waals surface area contributed by atoms with Gasteiger partial charge >= 0.3 is 0 Å². The molecule has 0 aromatic heterocycles. The number of primary amides is 1. The van der Waals surface area contributed by atoms with Crippen LogP contribution in [0.5, 0.6) is 0 Å². The van der Waals surface area contributed by atoms with Gasteiger partial charge in [-0.3, -0.25) is 9.59 Å². The van der Waals surface area contributed by atoms with E-state index in [0.29, 0.717) is 16.8 Å². The third kappa shape index (κ3) is 3.87. The van der Waals surface area contributed by atoms with Gasteiger partial charge in [-0.25, -0.2) is 0 Å². The van der Waals surface area contributed by atoms with Gasteiger partial charge in [0.25, 0.3) is 5.91 Å². The van der Waals surface area contributed by atoms with Crippen LogP contribution in [0.3, 0.4) is 0 Å². The molecule has 3 N–H and O–H groups in total. The van der Waals surface area contributed by atoms with Gasteiger partial charge in [-0.2, -0.15) is 0 Å². The van der Waals surface area contributed by atoms with Crippen LogP contribution in [0, 0.1) is 13.8 Å². The van der Waals surface area contributed by atoms with E-state index in [9.17, 15) is 9.59 Å². The number of hydrogen-bond acceptors (Lipinski definition) is 3. The largest absolute Gasteiger partial charge is 0.370 e. The number of amides is 2. The molecule has 3 rings (SSSR count). The summed E-state index contributed by atoms with van der Waals surface area (Å²) in [5, 5.41) is 3.00. The van der Waals surface area contributed by atoms with Crippen LogP contribution in [0.15, 0.2) is 36.4 Å². The molecule has 0 unspecified atom stereocenters. The fourth-order valence-corrected chi connectivity index (χ4v) is 3.37. The first-order chi connectivity index (χ1) is 12.5. The van der Waals surface area contributed by atoms with Gasteiger partial charge in [-0.05, 0) is 62.9 Å². The normalized spacial score (nSPS) is 14.2. The molecule has 1 heterocycles. The zero-order chi connectivity index (χ0) is 18.7. The molecule has 0 saturated carbocycles. The second kappa shape index (κ2) is 7.60. The van der Waals surface area contributed by atoms with E-state index in [1.165, 1.54) is 6.42 Å². The standard InChI is InChI=1S/C21H25N3O2/c1-14-6-7-15(2)17(12-14)21(26)23-18-13-16(20(22)25)8-9-19(18)24-10-4-3-5-11-24/h6-9,12-13H,3-5,10-11H2,1-2H3,(H2,22,25)(H,23,26). The van der Waals surface area contributed by atoms with Crippen molar-refractivity contribution in [2.45, 2.75) is 33.1 Å². The molecule has 5 nitrogen and oxygen atoms in total. The Balaban J connectivity index is 1.95. The predicted molar refractivity (Wildman–Crippen MR) is 105 cm³/mol. The highest BCUT2D eigenvalue weighted by atomic mass is 16.2. The minimum absolute atomic E-state index is 0.175. The summed E-state index contributed by atoms with van der Waals surface area (Å²) in [5.41, 5.74) is 9.98. The lowest BCUT2D eigenvalue weighted by Crippen LogP contribution is -2.30. The highest BCUT2D eigenvalue weighted by Crippen LogP contribution is 2.30. The van der Waals surface area contributed by atoms with Crippen molar-refractivity contribution >= 4 is 23.2 Å². The molecule has 1 aliphatic rings. The maximum Gasteiger partial charge on any atom is 0.255 e. The van der Waals surface area contributed by atoms with E-state index in [2.05, 4.69) is 10.2 Å². The van der Waals surface area contributed by atoms with Gasteiger partial charge < -0.3 is 16.0 Å². The summed E-state index contributed by atoms with van der Waals surface area (Å²) in [7, 11) is 0. The van der Waals surface area contributed by atoms with E-state index in [1.807, 2.05) is 38.1 Å². The number of piperidine rings is 1. The third-order valence-electron chi connectivity index (χ3n) is 4.86. The number of hydrogen-bond donors (Lipinski definition) is 2. The number of carbonyl (C=O) groups excluding carboxylic acids is 2. The average molecular weight is 351 g/mol. The molecule has 1 fully saturated rings. The number of rotatable bonds is 4. The lowest BCUT2D eigenvalue weighted by Gasteiger charge is -2.30. The fourth-order valence-electron chi connectivity index (χ4n) is 3.37. The van der Waals surface area contributed by atoms with Gasteiger partial charge in [-0.1, -0.05) is 17.7 Å². The molecular weight excluding hydrogens is 326 g/mol. The zero-order valence-electron chi connectivity index (χ0n) is 15.3. The van der Waals surface area contributed by atoms with Crippen molar-refractivity contribution in [1.29, 1.82) is 0 Å². The zero-order valence-corrected chi connectivity index (χ0v) is 15.3. The van der Waals surface area contributed by atoms with Crippen LogP contribution in [0.4, 0.5) is 11.4 Å². The summed E-state index contributed by atoms with van der Waals surface area (Å²) in [4.78, 5) is 26.7. The molecule has 26 heavy (non-hydrogen) atoms. The predicted octanol–water partition coefficient (Wildman–Crippen LogP) is 3.64. The number of nitrogens with two attached hydrogens (primary N) is 1. The SMILES string of the molecule is Cc1ccc(C)c(C(=O)Nc2cc(C(N)=O)ccc2N2CCCCC2)c1. The van der Waals surface area contributed by atoms with Crippen LogP contribution in [0.1, 0.15) is 51.1 Å². The number of anilines is 2. The highest BCUT2D eigenvalue weighted by Gasteiger charge is 2.18. The molecular formula is C21H25N3O2. The Morgan fingerprint density at radius 2 is 1.73 bits per heavy atom. The van der Waals surface area contributed by atoms with Crippen molar-refractivity contribution < 1.29 is 9.59 Å². The molecule has 2 aromatic rings. The molecule has 0 radical (unpaired) electrons. The lowest BCUT2D eigenvalue weighted by atomic mass is 10.0. The number of nitrogens with zero attached hydrogens (tertiary/aromatic N) is 1. The maximum atomic E-state index is 12.9. The summed E-state index contributed by atoms with van der Waals surface area (Å²) in [5.74, 6) is -0.677. The first-order valence-corrected chi connectivity index (χ1v) is 9.03. The van der Waals surface area contributed by atoms with E-state index >= 15 is 0 Å². The molecule has 0 atom stereocenters. The maximum absolute atomic E-state index is 12.9. The Morgan fingerprint density at radius 3 is 2.42 bits per heavy atom. The van der Waals surface area contributed by atoms with Gasteiger partial charge in [0.2, 0.25) is 5.91 Å². The Labute approximate surface area is 154 Å². The van der Waals surface area contributed by atoms with Crippen LogP contribution in [0.25, 0.3) is 0 Å². The van der Waals surface area contributed by atoms with Gasteiger partial charge in [0.1, 0.15) is 0 Å².